The number of rotatable bonds is 7. The van der Waals surface area contributed by atoms with E-state index in [0.717, 1.165) is 37.5 Å². The summed E-state index contributed by atoms with van der Waals surface area (Å²) in [6.07, 6.45) is 6.73. The average Bonchev–Trinajstić information content (AvgIpc) is 2.64. The van der Waals surface area contributed by atoms with Crippen LogP contribution in [0.5, 0.6) is 0 Å². The number of Topliss-reactive ketones (excluding diaryl/α,β-unsaturated/α-hetero) is 1. The molecular formula is C12H16O3. The van der Waals surface area contributed by atoms with Crippen LogP contribution in [0.2, 0.25) is 0 Å². The Balaban J connectivity index is 2.20. The van der Waals surface area contributed by atoms with Gasteiger partial charge in [-0.15, -0.1) is 0 Å². The SMILES string of the molecule is CC(=O)CCCCCc1ccoc1C=O. The lowest BCUT2D eigenvalue weighted by Crippen LogP contribution is -1.91. The van der Waals surface area contributed by atoms with Gasteiger partial charge in [-0.2, -0.15) is 0 Å². The number of furan rings is 1. The van der Waals surface area contributed by atoms with Gasteiger partial charge in [-0.25, -0.2) is 0 Å². The summed E-state index contributed by atoms with van der Waals surface area (Å²) in [6, 6.07) is 1.83. The molecule has 0 aliphatic rings. The van der Waals surface area contributed by atoms with Crippen molar-refractivity contribution in [3.8, 4) is 0 Å². The highest BCUT2D eigenvalue weighted by Gasteiger charge is 2.04. The van der Waals surface area contributed by atoms with Gasteiger partial charge in [0.15, 0.2) is 12.0 Å². The van der Waals surface area contributed by atoms with Gasteiger partial charge < -0.3 is 9.21 Å². The first-order valence-electron chi connectivity index (χ1n) is 5.25. The summed E-state index contributed by atoms with van der Waals surface area (Å²) < 4.78 is 4.99. The summed E-state index contributed by atoms with van der Waals surface area (Å²) in [5, 5.41) is 0. The van der Waals surface area contributed by atoms with Crippen LogP contribution in [-0.2, 0) is 11.2 Å². The summed E-state index contributed by atoms with van der Waals surface area (Å²) in [6.45, 7) is 1.61. The normalized spacial score (nSPS) is 10.2. The summed E-state index contributed by atoms with van der Waals surface area (Å²) in [5.41, 5.74) is 0.966. The molecule has 1 heterocycles. The van der Waals surface area contributed by atoms with E-state index in [4.69, 9.17) is 4.42 Å². The van der Waals surface area contributed by atoms with Gasteiger partial charge in [-0.3, -0.25) is 4.79 Å². The van der Waals surface area contributed by atoms with Crippen molar-refractivity contribution < 1.29 is 14.0 Å². The van der Waals surface area contributed by atoms with Gasteiger partial charge >= 0.3 is 0 Å². The van der Waals surface area contributed by atoms with Crippen molar-refractivity contribution in [3.05, 3.63) is 23.7 Å². The van der Waals surface area contributed by atoms with Crippen LogP contribution in [-0.4, -0.2) is 12.1 Å². The molecule has 0 N–H and O–H groups in total. The molecule has 1 aromatic rings. The molecule has 0 unspecified atom stereocenters. The molecule has 0 aliphatic heterocycles. The zero-order valence-electron chi connectivity index (χ0n) is 8.99. The number of carbonyl (C=O) groups excluding carboxylic acids is 2. The Bertz CT molecular complexity index is 325. The molecule has 3 heteroatoms. The summed E-state index contributed by atoms with van der Waals surface area (Å²) in [4.78, 5) is 21.2. The monoisotopic (exact) mass is 208 g/mol. The van der Waals surface area contributed by atoms with E-state index in [0.29, 0.717) is 12.2 Å². The average molecular weight is 208 g/mol. The van der Waals surface area contributed by atoms with Gasteiger partial charge in [-0.1, -0.05) is 6.42 Å². The minimum atomic E-state index is 0.242. The largest absolute Gasteiger partial charge is 0.461 e. The smallest absolute Gasteiger partial charge is 0.185 e. The molecule has 0 aromatic carbocycles. The molecule has 0 atom stereocenters. The van der Waals surface area contributed by atoms with E-state index in [9.17, 15) is 9.59 Å². The molecule has 3 nitrogen and oxygen atoms in total. The number of ketones is 1. The first-order chi connectivity index (χ1) is 7.24. The Morgan fingerprint density at radius 2 is 2.20 bits per heavy atom. The van der Waals surface area contributed by atoms with Crippen LogP contribution >= 0.6 is 0 Å². The third-order valence-electron chi connectivity index (χ3n) is 2.36. The molecule has 82 valence electrons. The molecule has 0 bridgehead atoms. The zero-order chi connectivity index (χ0) is 11.1. The van der Waals surface area contributed by atoms with Gasteiger partial charge in [0.05, 0.1) is 6.26 Å². The lowest BCUT2D eigenvalue weighted by atomic mass is 10.1. The molecule has 0 aliphatic carbocycles. The Morgan fingerprint density at radius 1 is 1.40 bits per heavy atom. The topological polar surface area (TPSA) is 47.3 Å². The molecule has 0 spiro atoms. The van der Waals surface area contributed by atoms with Crippen LogP contribution in [0.25, 0.3) is 0 Å². The molecule has 0 radical (unpaired) electrons. The van der Waals surface area contributed by atoms with Crippen molar-refractivity contribution in [3.63, 3.8) is 0 Å². The highest BCUT2D eigenvalue weighted by Crippen LogP contribution is 2.12. The second kappa shape index (κ2) is 6.17. The second-order valence-corrected chi connectivity index (χ2v) is 3.69. The minimum absolute atomic E-state index is 0.242. The summed E-state index contributed by atoms with van der Waals surface area (Å²) >= 11 is 0. The Labute approximate surface area is 89.5 Å². The minimum Gasteiger partial charge on any atom is -0.461 e. The number of unbranched alkanes of at least 4 members (excludes halogenated alkanes) is 2. The molecular weight excluding hydrogens is 192 g/mol. The van der Waals surface area contributed by atoms with E-state index in [1.54, 1.807) is 6.92 Å². The zero-order valence-corrected chi connectivity index (χ0v) is 8.99. The van der Waals surface area contributed by atoms with Gasteiger partial charge in [-0.05, 0) is 32.3 Å². The van der Waals surface area contributed by atoms with Gasteiger partial charge in [0.25, 0.3) is 0 Å². The van der Waals surface area contributed by atoms with Crippen LogP contribution in [0.3, 0.4) is 0 Å². The second-order valence-electron chi connectivity index (χ2n) is 3.69. The van der Waals surface area contributed by atoms with Crippen molar-refractivity contribution in [1.29, 1.82) is 0 Å². The molecule has 1 aromatic heterocycles. The molecule has 0 amide bonds. The fourth-order valence-corrected chi connectivity index (χ4v) is 1.52. The number of hydrogen-bond donors (Lipinski definition) is 0. The Kier molecular flexibility index (Phi) is 4.81. The maximum Gasteiger partial charge on any atom is 0.185 e. The fraction of sp³-hybridized carbons (Fsp3) is 0.500. The van der Waals surface area contributed by atoms with Crippen molar-refractivity contribution in [2.45, 2.75) is 39.0 Å². The predicted octanol–water partition coefficient (Wildman–Crippen LogP) is 2.78. The highest BCUT2D eigenvalue weighted by molar-refractivity contribution is 5.75. The number of hydrogen-bond acceptors (Lipinski definition) is 3. The van der Waals surface area contributed by atoms with E-state index < -0.39 is 0 Å². The van der Waals surface area contributed by atoms with E-state index in [2.05, 4.69) is 0 Å². The highest BCUT2D eigenvalue weighted by atomic mass is 16.3. The first kappa shape index (κ1) is 11.7. The van der Waals surface area contributed by atoms with Gasteiger partial charge in [0, 0.05) is 12.0 Å². The lowest BCUT2D eigenvalue weighted by molar-refractivity contribution is -0.117. The van der Waals surface area contributed by atoms with E-state index in [1.807, 2.05) is 6.07 Å². The summed E-state index contributed by atoms with van der Waals surface area (Å²) in [7, 11) is 0. The third-order valence-corrected chi connectivity index (χ3v) is 2.36. The van der Waals surface area contributed by atoms with Crippen molar-refractivity contribution >= 4 is 12.1 Å². The number of carbonyl (C=O) groups is 2. The van der Waals surface area contributed by atoms with Gasteiger partial charge in [0.2, 0.25) is 0 Å². The first-order valence-corrected chi connectivity index (χ1v) is 5.25. The summed E-state index contributed by atoms with van der Waals surface area (Å²) in [5.74, 6) is 0.674. The Morgan fingerprint density at radius 3 is 2.87 bits per heavy atom. The predicted molar refractivity (Wildman–Crippen MR) is 56.9 cm³/mol. The quantitative estimate of drug-likeness (QED) is 0.511. The van der Waals surface area contributed by atoms with Crippen molar-refractivity contribution in [2.75, 3.05) is 0 Å². The maximum atomic E-state index is 10.7. The Hall–Kier alpha value is -1.38. The molecule has 0 saturated heterocycles. The van der Waals surface area contributed by atoms with E-state index >= 15 is 0 Å². The fourth-order valence-electron chi connectivity index (χ4n) is 1.52. The maximum absolute atomic E-state index is 10.7. The van der Waals surface area contributed by atoms with Crippen LogP contribution in [0, 0.1) is 0 Å². The van der Waals surface area contributed by atoms with Crippen LogP contribution in [0.4, 0.5) is 0 Å². The molecule has 0 saturated carbocycles. The van der Waals surface area contributed by atoms with Gasteiger partial charge in [0.1, 0.15) is 5.78 Å². The molecule has 0 fully saturated rings. The van der Waals surface area contributed by atoms with E-state index in [-0.39, 0.29) is 5.78 Å². The standard InChI is InChI=1S/C12H16O3/c1-10(14)5-3-2-4-6-11-7-8-15-12(11)9-13/h7-9H,2-6H2,1H3. The lowest BCUT2D eigenvalue weighted by Gasteiger charge is -1.98. The molecule has 1 rings (SSSR count). The van der Waals surface area contributed by atoms with Crippen LogP contribution in [0.15, 0.2) is 16.7 Å². The van der Waals surface area contributed by atoms with E-state index in [1.165, 1.54) is 6.26 Å². The van der Waals surface area contributed by atoms with Crippen LogP contribution in [0.1, 0.15) is 48.7 Å². The number of aryl methyl sites for hydroxylation is 1. The number of aldehydes is 1. The third kappa shape index (κ3) is 4.11. The van der Waals surface area contributed by atoms with Crippen LogP contribution < -0.4 is 0 Å². The van der Waals surface area contributed by atoms with Crippen molar-refractivity contribution in [2.24, 2.45) is 0 Å². The van der Waals surface area contributed by atoms with Crippen molar-refractivity contribution in [1.82, 2.24) is 0 Å². The molecule has 15 heavy (non-hydrogen) atoms.